The van der Waals surface area contributed by atoms with E-state index < -0.39 is 0 Å². The third kappa shape index (κ3) is 4.26. The van der Waals surface area contributed by atoms with Gasteiger partial charge in [-0.3, -0.25) is 4.79 Å². The molecule has 0 unspecified atom stereocenters. The van der Waals surface area contributed by atoms with Crippen molar-refractivity contribution in [1.82, 2.24) is 10.3 Å². The van der Waals surface area contributed by atoms with Crippen LogP contribution in [0.5, 0.6) is 0 Å². The number of carbonyl (C=O) groups excluding carboxylic acids is 1. The van der Waals surface area contributed by atoms with E-state index in [1.807, 2.05) is 45.0 Å². The van der Waals surface area contributed by atoms with E-state index >= 15 is 0 Å². The molecule has 0 saturated carbocycles. The van der Waals surface area contributed by atoms with Crippen LogP contribution in [0, 0.1) is 0 Å². The molecule has 0 atom stereocenters. The van der Waals surface area contributed by atoms with Crippen molar-refractivity contribution in [1.29, 1.82) is 0 Å². The van der Waals surface area contributed by atoms with Gasteiger partial charge in [-0.25, -0.2) is 4.98 Å². The number of aromatic nitrogens is 1. The summed E-state index contributed by atoms with van der Waals surface area (Å²) in [5.41, 5.74) is 1.99. The summed E-state index contributed by atoms with van der Waals surface area (Å²) in [6.45, 7) is 4.29. The highest BCUT2D eigenvalue weighted by molar-refractivity contribution is 5.88. The van der Waals surface area contributed by atoms with Gasteiger partial charge in [0.15, 0.2) is 0 Å². The van der Waals surface area contributed by atoms with Crippen LogP contribution in [-0.4, -0.2) is 25.0 Å². The van der Waals surface area contributed by atoms with E-state index in [1.165, 1.54) is 0 Å². The van der Waals surface area contributed by atoms with E-state index in [0.29, 0.717) is 6.54 Å². The minimum absolute atomic E-state index is 0.0708. The summed E-state index contributed by atoms with van der Waals surface area (Å²) in [4.78, 5) is 17.7. The van der Waals surface area contributed by atoms with Gasteiger partial charge in [0.1, 0.15) is 5.82 Å². The normalized spacial score (nSPS) is 9.65. The zero-order valence-corrected chi connectivity index (χ0v) is 10.8. The summed E-state index contributed by atoms with van der Waals surface area (Å²) in [5, 5.41) is 2.84. The molecule has 0 saturated heterocycles. The third-order valence-corrected chi connectivity index (χ3v) is 2.16. The first-order valence-electron chi connectivity index (χ1n) is 5.54. The second-order valence-electron chi connectivity index (χ2n) is 4.32. The van der Waals surface area contributed by atoms with E-state index in [0.717, 1.165) is 17.0 Å². The minimum atomic E-state index is -0.0708. The van der Waals surface area contributed by atoms with Crippen molar-refractivity contribution in [2.24, 2.45) is 0 Å². The molecule has 92 valence electrons. The Kier molecular flexibility index (Phi) is 4.69. The van der Waals surface area contributed by atoms with E-state index in [9.17, 15) is 4.79 Å². The number of allylic oxidation sites excluding steroid dienone is 1. The van der Waals surface area contributed by atoms with Gasteiger partial charge >= 0.3 is 0 Å². The first-order chi connectivity index (χ1) is 8.00. The smallest absolute Gasteiger partial charge is 0.244 e. The van der Waals surface area contributed by atoms with Crippen molar-refractivity contribution in [3.63, 3.8) is 0 Å². The molecule has 17 heavy (non-hydrogen) atoms. The van der Waals surface area contributed by atoms with Crippen molar-refractivity contribution in [2.45, 2.75) is 20.4 Å². The number of pyridine rings is 1. The Balaban J connectivity index is 2.70. The minimum Gasteiger partial charge on any atom is -0.362 e. The number of amides is 1. The van der Waals surface area contributed by atoms with Gasteiger partial charge < -0.3 is 10.2 Å². The number of nitrogens with one attached hydrogen (secondary N) is 1. The average Bonchev–Trinajstić information content (AvgIpc) is 2.25. The molecule has 0 bridgehead atoms. The zero-order chi connectivity index (χ0) is 12.8. The van der Waals surface area contributed by atoms with Gasteiger partial charge in [-0.05, 0) is 19.9 Å². The number of rotatable bonds is 4. The summed E-state index contributed by atoms with van der Waals surface area (Å²) >= 11 is 0. The molecule has 0 aliphatic carbocycles. The first kappa shape index (κ1) is 13.2. The van der Waals surface area contributed by atoms with Crippen LogP contribution in [-0.2, 0) is 11.3 Å². The molecule has 4 heteroatoms. The maximum absolute atomic E-state index is 11.5. The molecule has 1 amide bonds. The van der Waals surface area contributed by atoms with Gasteiger partial charge in [-0.15, -0.1) is 0 Å². The molecule has 0 spiro atoms. The highest BCUT2D eigenvalue weighted by Crippen LogP contribution is 2.13. The van der Waals surface area contributed by atoms with Crippen molar-refractivity contribution < 1.29 is 4.79 Å². The Morgan fingerprint density at radius 2 is 2.18 bits per heavy atom. The molecule has 0 fully saturated rings. The lowest BCUT2D eigenvalue weighted by molar-refractivity contribution is -0.116. The van der Waals surface area contributed by atoms with Gasteiger partial charge in [-0.1, -0.05) is 11.6 Å². The van der Waals surface area contributed by atoms with Crippen LogP contribution in [0.15, 0.2) is 30.0 Å². The fraction of sp³-hybridized carbons (Fsp3) is 0.385. The topological polar surface area (TPSA) is 45.2 Å². The summed E-state index contributed by atoms with van der Waals surface area (Å²) in [6, 6.07) is 3.83. The largest absolute Gasteiger partial charge is 0.362 e. The van der Waals surface area contributed by atoms with Crippen LogP contribution in [0.4, 0.5) is 5.82 Å². The highest BCUT2D eigenvalue weighted by Gasteiger charge is 2.05. The number of hydrogen-bond donors (Lipinski definition) is 1. The molecule has 0 aliphatic heterocycles. The number of anilines is 1. The molecular formula is C13H19N3O. The highest BCUT2D eigenvalue weighted by atomic mass is 16.1. The summed E-state index contributed by atoms with van der Waals surface area (Å²) in [5.74, 6) is 0.809. The van der Waals surface area contributed by atoms with Crippen molar-refractivity contribution in [3.05, 3.63) is 35.5 Å². The van der Waals surface area contributed by atoms with Crippen LogP contribution in [0.25, 0.3) is 0 Å². The Morgan fingerprint density at radius 3 is 2.76 bits per heavy atom. The molecule has 1 N–H and O–H groups in total. The summed E-state index contributed by atoms with van der Waals surface area (Å²) in [6.07, 6.45) is 3.34. The second-order valence-corrected chi connectivity index (χ2v) is 4.32. The van der Waals surface area contributed by atoms with Crippen molar-refractivity contribution >= 4 is 11.7 Å². The second kappa shape index (κ2) is 6.03. The Labute approximate surface area is 102 Å². The SMILES string of the molecule is CC(C)=CC(=O)NCc1cccnc1N(C)C. The number of nitrogens with zero attached hydrogens (tertiary/aromatic N) is 2. The summed E-state index contributed by atoms with van der Waals surface area (Å²) < 4.78 is 0. The maximum Gasteiger partial charge on any atom is 0.244 e. The maximum atomic E-state index is 11.5. The lowest BCUT2D eigenvalue weighted by atomic mass is 10.2. The third-order valence-electron chi connectivity index (χ3n) is 2.16. The van der Waals surface area contributed by atoms with Crippen LogP contribution in [0.1, 0.15) is 19.4 Å². The molecule has 4 nitrogen and oxygen atoms in total. The van der Waals surface area contributed by atoms with Gasteiger partial charge in [-0.2, -0.15) is 0 Å². The lowest BCUT2D eigenvalue weighted by Gasteiger charge is -2.15. The number of hydrogen-bond acceptors (Lipinski definition) is 3. The van der Waals surface area contributed by atoms with Crippen LogP contribution in [0.2, 0.25) is 0 Å². The molecule has 0 radical (unpaired) electrons. The fourth-order valence-electron chi connectivity index (χ4n) is 1.47. The standard InChI is InChI=1S/C13H19N3O/c1-10(2)8-12(17)15-9-11-6-5-7-14-13(11)16(3)4/h5-8H,9H2,1-4H3,(H,15,17). The van der Waals surface area contributed by atoms with E-state index in [4.69, 9.17) is 0 Å². The molecule has 1 rings (SSSR count). The molecule has 1 aromatic heterocycles. The van der Waals surface area contributed by atoms with Crippen LogP contribution < -0.4 is 10.2 Å². The first-order valence-corrected chi connectivity index (χ1v) is 5.54. The van der Waals surface area contributed by atoms with Crippen LogP contribution in [0.3, 0.4) is 0 Å². The summed E-state index contributed by atoms with van der Waals surface area (Å²) in [7, 11) is 3.87. The van der Waals surface area contributed by atoms with E-state index in [-0.39, 0.29) is 5.91 Å². The van der Waals surface area contributed by atoms with Gasteiger partial charge in [0, 0.05) is 38.5 Å². The Morgan fingerprint density at radius 1 is 1.47 bits per heavy atom. The number of carbonyl (C=O) groups is 1. The zero-order valence-electron chi connectivity index (χ0n) is 10.8. The molecule has 1 aromatic rings. The molecule has 0 aromatic carbocycles. The molecular weight excluding hydrogens is 214 g/mol. The predicted octanol–water partition coefficient (Wildman–Crippen LogP) is 1.73. The van der Waals surface area contributed by atoms with Crippen LogP contribution >= 0.6 is 0 Å². The van der Waals surface area contributed by atoms with Crippen molar-refractivity contribution in [2.75, 3.05) is 19.0 Å². The Bertz CT molecular complexity index is 420. The molecule has 1 heterocycles. The van der Waals surface area contributed by atoms with E-state index in [2.05, 4.69) is 10.3 Å². The average molecular weight is 233 g/mol. The fourth-order valence-corrected chi connectivity index (χ4v) is 1.47. The lowest BCUT2D eigenvalue weighted by Crippen LogP contribution is -2.23. The Hall–Kier alpha value is -1.84. The van der Waals surface area contributed by atoms with Crippen molar-refractivity contribution in [3.8, 4) is 0 Å². The monoisotopic (exact) mass is 233 g/mol. The van der Waals surface area contributed by atoms with Gasteiger partial charge in [0.25, 0.3) is 0 Å². The quantitative estimate of drug-likeness (QED) is 0.806. The van der Waals surface area contributed by atoms with Gasteiger partial charge in [0.05, 0.1) is 0 Å². The predicted molar refractivity (Wildman–Crippen MR) is 69.8 cm³/mol. The van der Waals surface area contributed by atoms with E-state index in [1.54, 1.807) is 12.3 Å². The van der Waals surface area contributed by atoms with Gasteiger partial charge in [0.2, 0.25) is 5.91 Å². The molecule has 0 aliphatic rings.